The summed E-state index contributed by atoms with van der Waals surface area (Å²) in [5.74, 6) is 0.976. The van der Waals surface area contributed by atoms with Crippen molar-refractivity contribution in [3.05, 3.63) is 42.5 Å². The Kier molecular flexibility index (Phi) is 7.59. The van der Waals surface area contributed by atoms with Gasteiger partial charge in [-0.2, -0.15) is 0 Å². The Morgan fingerprint density at radius 2 is 1.81 bits per heavy atom. The fraction of sp³-hybridized carbons (Fsp3) is 0.542. The SMILES string of the molecule is C=CCn1c(SC(C)C(=O)N2CCN(CC)CC2)nnc1-c1ccc(C(C)(C)C)cc1. The monoisotopic (exact) mass is 441 g/mol. The van der Waals surface area contributed by atoms with E-state index in [0.29, 0.717) is 6.54 Å². The predicted molar refractivity (Wildman–Crippen MR) is 128 cm³/mol. The van der Waals surface area contributed by atoms with Gasteiger partial charge in [-0.25, -0.2) is 0 Å². The molecule has 2 heterocycles. The molecule has 1 atom stereocenters. The van der Waals surface area contributed by atoms with Crippen LogP contribution in [0.3, 0.4) is 0 Å². The highest BCUT2D eigenvalue weighted by Crippen LogP contribution is 2.29. The molecule has 0 spiro atoms. The van der Waals surface area contributed by atoms with Gasteiger partial charge in [0.05, 0.1) is 5.25 Å². The second-order valence-corrected chi connectivity index (χ2v) is 10.4. The van der Waals surface area contributed by atoms with Gasteiger partial charge in [0.2, 0.25) is 5.91 Å². The van der Waals surface area contributed by atoms with Crippen LogP contribution in [0.15, 0.2) is 42.1 Å². The van der Waals surface area contributed by atoms with Crippen LogP contribution in [-0.4, -0.2) is 68.4 Å². The molecule has 7 heteroatoms. The molecule has 0 N–H and O–H groups in total. The standard InChI is InChI=1S/C24H35N5OS/c1-7-13-29-21(19-9-11-20(12-10-19)24(4,5)6)25-26-23(29)31-18(3)22(30)28-16-14-27(8-2)15-17-28/h7,9-12,18H,1,8,13-17H2,2-6H3. The highest BCUT2D eigenvalue weighted by atomic mass is 32.2. The molecule has 1 aromatic carbocycles. The Bertz CT molecular complexity index is 892. The van der Waals surface area contributed by atoms with Crippen molar-refractivity contribution in [1.29, 1.82) is 0 Å². The van der Waals surface area contributed by atoms with E-state index in [2.05, 4.69) is 73.6 Å². The highest BCUT2D eigenvalue weighted by Gasteiger charge is 2.27. The fourth-order valence-corrected chi connectivity index (χ4v) is 4.69. The van der Waals surface area contributed by atoms with E-state index in [9.17, 15) is 4.79 Å². The first kappa shape index (κ1) is 23.5. The van der Waals surface area contributed by atoms with Gasteiger partial charge in [-0.05, 0) is 24.4 Å². The molecular formula is C24H35N5OS. The number of likely N-dealkylation sites (N-methyl/N-ethyl adjacent to an activating group) is 1. The first-order valence-corrected chi connectivity index (χ1v) is 11.9. The maximum absolute atomic E-state index is 13.0. The number of carbonyl (C=O) groups excluding carboxylic acids is 1. The van der Waals surface area contributed by atoms with Crippen LogP contribution in [0.1, 0.15) is 40.2 Å². The van der Waals surface area contributed by atoms with E-state index >= 15 is 0 Å². The summed E-state index contributed by atoms with van der Waals surface area (Å²) in [6.07, 6.45) is 1.84. The molecule has 0 bridgehead atoms. The van der Waals surface area contributed by atoms with Crippen LogP contribution in [0.4, 0.5) is 0 Å². The maximum atomic E-state index is 13.0. The zero-order valence-electron chi connectivity index (χ0n) is 19.5. The molecule has 168 valence electrons. The van der Waals surface area contributed by atoms with Gasteiger partial charge in [0.25, 0.3) is 0 Å². The second-order valence-electron chi connectivity index (χ2n) is 9.05. The van der Waals surface area contributed by atoms with Crippen LogP contribution in [-0.2, 0) is 16.8 Å². The summed E-state index contributed by atoms with van der Waals surface area (Å²) in [5.41, 5.74) is 2.40. The Hall–Kier alpha value is -2.12. The fourth-order valence-electron chi connectivity index (χ4n) is 3.75. The first-order valence-electron chi connectivity index (χ1n) is 11.1. The van der Waals surface area contributed by atoms with Crippen molar-refractivity contribution in [2.24, 2.45) is 0 Å². The van der Waals surface area contributed by atoms with Crippen LogP contribution >= 0.6 is 11.8 Å². The maximum Gasteiger partial charge on any atom is 0.235 e. The number of carbonyl (C=O) groups is 1. The van der Waals surface area contributed by atoms with Crippen molar-refractivity contribution >= 4 is 17.7 Å². The molecule has 1 aliphatic heterocycles. The summed E-state index contributed by atoms with van der Waals surface area (Å²) < 4.78 is 2.04. The molecule has 1 aliphatic rings. The van der Waals surface area contributed by atoms with Gasteiger partial charge in [-0.3, -0.25) is 9.36 Å². The number of benzene rings is 1. The number of rotatable bonds is 7. The topological polar surface area (TPSA) is 54.3 Å². The van der Waals surface area contributed by atoms with E-state index in [1.54, 1.807) is 0 Å². The van der Waals surface area contributed by atoms with Crippen LogP contribution in [0, 0.1) is 0 Å². The van der Waals surface area contributed by atoms with E-state index in [1.165, 1.54) is 17.3 Å². The van der Waals surface area contributed by atoms with Gasteiger partial charge in [-0.15, -0.1) is 16.8 Å². The zero-order valence-corrected chi connectivity index (χ0v) is 20.3. The number of hydrogen-bond acceptors (Lipinski definition) is 5. The smallest absolute Gasteiger partial charge is 0.235 e. The number of piperazine rings is 1. The van der Waals surface area contributed by atoms with Crippen molar-refractivity contribution in [2.75, 3.05) is 32.7 Å². The second kappa shape index (κ2) is 10.0. The molecule has 3 rings (SSSR count). The molecule has 0 radical (unpaired) electrons. The van der Waals surface area contributed by atoms with E-state index in [4.69, 9.17) is 0 Å². The van der Waals surface area contributed by atoms with Gasteiger partial charge in [0, 0.05) is 38.3 Å². The summed E-state index contributed by atoms with van der Waals surface area (Å²) in [5, 5.41) is 9.42. The van der Waals surface area contributed by atoms with E-state index in [-0.39, 0.29) is 16.6 Å². The average molecular weight is 442 g/mol. The molecule has 1 saturated heterocycles. The Morgan fingerprint density at radius 3 is 2.35 bits per heavy atom. The third-order valence-electron chi connectivity index (χ3n) is 5.80. The van der Waals surface area contributed by atoms with Gasteiger partial charge in [-0.1, -0.05) is 69.8 Å². The summed E-state index contributed by atoms with van der Waals surface area (Å²) in [6.45, 7) is 19.8. The lowest BCUT2D eigenvalue weighted by Crippen LogP contribution is -2.50. The van der Waals surface area contributed by atoms with Crippen molar-refractivity contribution < 1.29 is 4.79 Å². The van der Waals surface area contributed by atoms with E-state index < -0.39 is 0 Å². The number of thioether (sulfide) groups is 1. The number of nitrogens with zero attached hydrogens (tertiary/aromatic N) is 5. The van der Waals surface area contributed by atoms with Gasteiger partial charge >= 0.3 is 0 Å². The Morgan fingerprint density at radius 1 is 1.16 bits per heavy atom. The molecule has 1 amide bonds. The molecule has 0 saturated carbocycles. The first-order chi connectivity index (χ1) is 14.7. The minimum atomic E-state index is -0.211. The van der Waals surface area contributed by atoms with Crippen LogP contribution in [0.5, 0.6) is 0 Å². The molecule has 0 aliphatic carbocycles. The number of allylic oxidation sites excluding steroid dienone is 1. The van der Waals surface area contributed by atoms with Crippen LogP contribution in [0.2, 0.25) is 0 Å². The van der Waals surface area contributed by atoms with E-state index in [1.807, 2.05) is 22.5 Å². The minimum absolute atomic E-state index is 0.104. The van der Waals surface area contributed by atoms with Crippen molar-refractivity contribution in [1.82, 2.24) is 24.6 Å². The molecule has 6 nitrogen and oxygen atoms in total. The third kappa shape index (κ3) is 5.57. The molecule has 1 unspecified atom stereocenters. The van der Waals surface area contributed by atoms with Crippen molar-refractivity contribution in [3.63, 3.8) is 0 Å². The third-order valence-corrected chi connectivity index (χ3v) is 6.87. The van der Waals surface area contributed by atoms with Crippen molar-refractivity contribution in [2.45, 2.75) is 57.0 Å². The summed E-state index contributed by atoms with van der Waals surface area (Å²) in [4.78, 5) is 17.3. The summed E-state index contributed by atoms with van der Waals surface area (Å²) in [7, 11) is 0. The summed E-state index contributed by atoms with van der Waals surface area (Å²) in [6, 6.07) is 8.50. The van der Waals surface area contributed by atoms with Crippen LogP contribution in [0.25, 0.3) is 11.4 Å². The van der Waals surface area contributed by atoms with Gasteiger partial charge < -0.3 is 9.80 Å². The lowest BCUT2D eigenvalue weighted by molar-refractivity contribution is -0.132. The van der Waals surface area contributed by atoms with Gasteiger partial charge in [0.1, 0.15) is 0 Å². The Balaban J connectivity index is 1.75. The van der Waals surface area contributed by atoms with Gasteiger partial charge in [0.15, 0.2) is 11.0 Å². The minimum Gasteiger partial charge on any atom is -0.339 e. The molecule has 1 fully saturated rings. The lowest BCUT2D eigenvalue weighted by atomic mass is 9.87. The quantitative estimate of drug-likeness (QED) is 0.479. The summed E-state index contributed by atoms with van der Waals surface area (Å²) >= 11 is 1.48. The molecule has 2 aromatic rings. The predicted octanol–water partition coefficient (Wildman–Crippen LogP) is 4.07. The normalized spacial score (nSPS) is 16.4. The molecular weight excluding hydrogens is 406 g/mol. The van der Waals surface area contributed by atoms with Crippen LogP contribution < -0.4 is 0 Å². The molecule has 1 aromatic heterocycles. The number of aromatic nitrogens is 3. The lowest BCUT2D eigenvalue weighted by Gasteiger charge is -2.35. The van der Waals surface area contributed by atoms with Crippen molar-refractivity contribution in [3.8, 4) is 11.4 Å². The zero-order chi connectivity index (χ0) is 22.6. The highest BCUT2D eigenvalue weighted by molar-refractivity contribution is 8.00. The average Bonchev–Trinajstić information content (AvgIpc) is 3.15. The largest absolute Gasteiger partial charge is 0.339 e. The molecule has 31 heavy (non-hydrogen) atoms. The number of amides is 1. The Labute approximate surface area is 190 Å². The van der Waals surface area contributed by atoms with E-state index in [0.717, 1.165) is 49.3 Å². The number of hydrogen-bond donors (Lipinski definition) is 0.